The number of amides is 1. The van der Waals surface area contributed by atoms with E-state index >= 15 is 0 Å². The lowest BCUT2D eigenvalue weighted by Crippen LogP contribution is -2.31. The van der Waals surface area contributed by atoms with Crippen molar-refractivity contribution in [3.63, 3.8) is 0 Å². The Kier molecular flexibility index (Phi) is 5.08. The second-order valence-electron chi connectivity index (χ2n) is 7.45. The molecule has 5 nitrogen and oxygen atoms in total. The molecular weight excluding hydrogens is 435 g/mol. The summed E-state index contributed by atoms with van der Waals surface area (Å²) in [5.41, 5.74) is 3.84. The first-order chi connectivity index (χ1) is 15.0. The van der Waals surface area contributed by atoms with Crippen molar-refractivity contribution in [1.29, 1.82) is 0 Å². The normalized spacial score (nSPS) is 13.3. The number of aryl methyl sites for hydroxylation is 1. The summed E-state index contributed by atoms with van der Waals surface area (Å²) in [4.78, 5) is 25.5. The van der Waals surface area contributed by atoms with Crippen LogP contribution in [0.4, 0.5) is 15.9 Å². The van der Waals surface area contributed by atoms with Gasteiger partial charge in [0.1, 0.15) is 22.8 Å². The molecule has 3 heterocycles. The van der Waals surface area contributed by atoms with Gasteiger partial charge in [-0.3, -0.25) is 4.79 Å². The largest absolute Gasteiger partial charge is 0.351 e. The van der Waals surface area contributed by atoms with Gasteiger partial charge in [-0.05, 0) is 48.2 Å². The van der Waals surface area contributed by atoms with Gasteiger partial charge in [0.05, 0.1) is 21.0 Å². The van der Waals surface area contributed by atoms with Gasteiger partial charge in [0.15, 0.2) is 0 Å². The van der Waals surface area contributed by atoms with Crippen LogP contribution in [0.2, 0.25) is 5.02 Å². The van der Waals surface area contributed by atoms with E-state index < -0.39 is 5.82 Å². The van der Waals surface area contributed by atoms with Crippen molar-refractivity contribution in [2.75, 3.05) is 16.8 Å². The number of fused-ring (bicyclic) bond motifs is 2. The molecule has 1 aliphatic heterocycles. The third-order valence-corrected chi connectivity index (χ3v) is 7.03. The van der Waals surface area contributed by atoms with Gasteiger partial charge in [-0.1, -0.05) is 35.9 Å². The molecule has 1 N–H and O–H groups in total. The van der Waals surface area contributed by atoms with E-state index in [2.05, 4.69) is 44.5 Å². The molecule has 0 unspecified atom stereocenters. The predicted molar refractivity (Wildman–Crippen MR) is 123 cm³/mol. The number of anilines is 2. The summed E-state index contributed by atoms with van der Waals surface area (Å²) in [6.07, 6.45) is 2.49. The third kappa shape index (κ3) is 3.64. The van der Waals surface area contributed by atoms with Crippen LogP contribution in [0.5, 0.6) is 0 Å². The molecule has 1 aliphatic rings. The number of thiophene rings is 1. The van der Waals surface area contributed by atoms with Crippen molar-refractivity contribution >= 4 is 50.6 Å². The van der Waals surface area contributed by atoms with Crippen LogP contribution >= 0.6 is 22.9 Å². The summed E-state index contributed by atoms with van der Waals surface area (Å²) < 4.78 is 13.3. The lowest BCUT2D eigenvalue weighted by molar-refractivity contribution is 0.103. The van der Waals surface area contributed by atoms with E-state index in [9.17, 15) is 9.18 Å². The van der Waals surface area contributed by atoms with Gasteiger partial charge in [0.25, 0.3) is 5.91 Å². The zero-order valence-corrected chi connectivity index (χ0v) is 18.2. The van der Waals surface area contributed by atoms with Gasteiger partial charge < -0.3 is 10.2 Å². The fourth-order valence-electron chi connectivity index (χ4n) is 3.96. The van der Waals surface area contributed by atoms with Crippen LogP contribution in [0.1, 0.15) is 26.4 Å². The van der Waals surface area contributed by atoms with Gasteiger partial charge in [0, 0.05) is 13.1 Å². The summed E-state index contributed by atoms with van der Waals surface area (Å²) in [6.45, 7) is 3.53. The minimum Gasteiger partial charge on any atom is -0.351 e. The number of benzene rings is 2. The van der Waals surface area contributed by atoms with Crippen molar-refractivity contribution in [1.82, 2.24) is 9.97 Å². The van der Waals surface area contributed by atoms with Crippen LogP contribution in [0.15, 0.2) is 48.8 Å². The number of carbonyl (C=O) groups is 1. The van der Waals surface area contributed by atoms with E-state index in [0.717, 1.165) is 41.1 Å². The predicted octanol–water partition coefficient (Wildman–Crippen LogP) is 5.61. The molecule has 0 fully saturated rings. The zero-order chi connectivity index (χ0) is 21.5. The molecule has 2 aromatic heterocycles. The van der Waals surface area contributed by atoms with Gasteiger partial charge in [0.2, 0.25) is 0 Å². The Morgan fingerprint density at radius 1 is 1.19 bits per heavy atom. The van der Waals surface area contributed by atoms with E-state index in [1.165, 1.54) is 40.7 Å². The molecule has 2 aromatic carbocycles. The highest BCUT2D eigenvalue weighted by molar-refractivity contribution is 7.20. The quantitative estimate of drug-likeness (QED) is 0.439. The monoisotopic (exact) mass is 452 g/mol. The Morgan fingerprint density at radius 3 is 2.81 bits per heavy atom. The highest BCUT2D eigenvalue weighted by Gasteiger charge is 2.24. The Bertz CT molecular complexity index is 1320. The highest BCUT2D eigenvalue weighted by Crippen LogP contribution is 2.37. The van der Waals surface area contributed by atoms with Gasteiger partial charge in [-0.15, -0.1) is 11.3 Å². The van der Waals surface area contributed by atoms with Crippen LogP contribution in [-0.4, -0.2) is 22.4 Å². The van der Waals surface area contributed by atoms with Crippen molar-refractivity contribution in [2.45, 2.75) is 19.9 Å². The zero-order valence-electron chi connectivity index (χ0n) is 16.7. The fourth-order valence-corrected chi connectivity index (χ4v) is 5.21. The third-order valence-electron chi connectivity index (χ3n) is 5.52. The molecule has 1 amide bonds. The Hall–Kier alpha value is -3.03. The van der Waals surface area contributed by atoms with E-state index in [0.29, 0.717) is 10.6 Å². The Balaban J connectivity index is 1.50. The first-order valence-corrected chi connectivity index (χ1v) is 11.0. The topological polar surface area (TPSA) is 58.1 Å². The van der Waals surface area contributed by atoms with Gasteiger partial charge in [-0.2, -0.15) is 0 Å². The number of halogens is 2. The molecule has 0 saturated heterocycles. The lowest BCUT2D eigenvalue weighted by atomic mass is 9.99. The van der Waals surface area contributed by atoms with Crippen LogP contribution in [0.25, 0.3) is 10.2 Å². The van der Waals surface area contributed by atoms with Crippen LogP contribution in [0.3, 0.4) is 0 Å². The van der Waals surface area contributed by atoms with Crippen LogP contribution in [-0.2, 0) is 13.0 Å². The number of nitrogens with one attached hydrogen (secondary N) is 1. The van der Waals surface area contributed by atoms with E-state index in [1.807, 2.05) is 6.92 Å². The molecular formula is C23H18ClFN4OS. The second-order valence-corrected chi connectivity index (χ2v) is 8.86. The summed E-state index contributed by atoms with van der Waals surface area (Å²) >= 11 is 7.38. The Morgan fingerprint density at radius 2 is 2.00 bits per heavy atom. The number of nitrogens with zero attached hydrogens (tertiary/aromatic N) is 3. The molecule has 0 bridgehead atoms. The van der Waals surface area contributed by atoms with E-state index in [4.69, 9.17) is 11.6 Å². The van der Waals surface area contributed by atoms with Gasteiger partial charge >= 0.3 is 0 Å². The molecule has 0 saturated carbocycles. The maximum absolute atomic E-state index is 13.3. The fraction of sp³-hybridized carbons (Fsp3) is 0.174. The molecule has 5 rings (SSSR count). The smallest absolute Gasteiger partial charge is 0.266 e. The molecule has 156 valence electrons. The van der Waals surface area contributed by atoms with Crippen molar-refractivity contribution in [3.8, 4) is 0 Å². The summed E-state index contributed by atoms with van der Waals surface area (Å²) in [5, 5.41) is 3.82. The molecule has 0 spiro atoms. The molecule has 0 radical (unpaired) electrons. The first-order valence-electron chi connectivity index (χ1n) is 9.83. The maximum Gasteiger partial charge on any atom is 0.266 e. The SMILES string of the molecule is Cc1c(C(=O)Nc2ccc(F)cc2Cl)sc2ncnc(N3CCc4ccccc4C3)c12. The molecule has 31 heavy (non-hydrogen) atoms. The molecule has 4 aromatic rings. The average molecular weight is 453 g/mol. The van der Waals surface area contributed by atoms with E-state index in [-0.39, 0.29) is 10.9 Å². The summed E-state index contributed by atoms with van der Waals surface area (Å²) in [6, 6.07) is 12.3. The standard InChI is InChI=1S/C23H18ClFN4OS/c1-13-19-21(29-9-8-14-4-2-3-5-15(14)11-29)26-12-27-23(19)31-20(13)22(30)28-18-7-6-16(25)10-17(18)24/h2-7,10,12H,8-9,11H2,1H3,(H,28,30). The van der Waals surface area contributed by atoms with Crippen molar-refractivity contribution in [2.24, 2.45) is 0 Å². The number of hydrogen-bond donors (Lipinski definition) is 1. The minimum absolute atomic E-state index is 0.152. The average Bonchev–Trinajstić information content (AvgIpc) is 3.12. The summed E-state index contributed by atoms with van der Waals surface area (Å²) in [7, 11) is 0. The Labute approximate surface area is 187 Å². The highest BCUT2D eigenvalue weighted by atomic mass is 35.5. The number of rotatable bonds is 3. The lowest BCUT2D eigenvalue weighted by Gasteiger charge is -2.30. The second kappa shape index (κ2) is 7.90. The number of hydrogen-bond acceptors (Lipinski definition) is 5. The van der Waals surface area contributed by atoms with Crippen LogP contribution in [0, 0.1) is 12.7 Å². The minimum atomic E-state index is -0.455. The van der Waals surface area contributed by atoms with Gasteiger partial charge in [-0.25, -0.2) is 14.4 Å². The first kappa shape index (κ1) is 19.9. The van der Waals surface area contributed by atoms with Crippen molar-refractivity contribution < 1.29 is 9.18 Å². The molecule has 8 heteroatoms. The van der Waals surface area contributed by atoms with Crippen LogP contribution < -0.4 is 10.2 Å². The number of carbonyl (C=O) groups excluding carboxylic acids is 1. The van der Waals surface area contributed by atoms with Crippen molar-refractivity contribution in [3.05, 3.63) is 81.2 Å². The summed E-state index contributed by atoms with van der Waals surface area (Å²) in [5.74, 6) is 0.0835. The number of aromatic nitrogens is 2. The molecule has 0 atom stereocenters. The maximum atomic E-state index is 13.3. The van der Waals surface area contributed by atoms with E-state index in [1.54, 1.807) is 6.33 Å². The molecule has 0 aliphatic carbocycles.